The van der Waals surface area contributed by atoms with Gasteiger partial charge in [-0.15, -0.1) is 0 Å². The minimum atomic E-state index is -4.28. The lowest BCUT2D eigenvalue weighted by Crippen LogP contribution is -2.31. The molecule has 1 unspecified atom stereocenters. The molecule has 0 amide bonds. The predicted octanol–water partition coefficient (Wildman–Crippen LogP) is 3.26. The van der Waals surface area contributed by atoms with E-state index in [-0.39, 0.29) is 6.04 Å². The number of rotatable bonds is 7. The molecule has 108 valence electrons. The van der Waals surface area contributed by atoms with Gasteiger partial charge in [-0.3, -0.25) is 0 Å². The Morgan fingerprint density at radius 2 is 2.05 bits per heavy atom. The molecule has 0 aliphatic rings. The molecular weight excluding hydrogens is 255 g/mol. The molecule has 1 N–H and O–H groups in total. The molecule has 1 atom stereocenters. The number of halogens is 3. The molecule has 2 nitrogen and oxygen atoms in total. The van der Waals surface area contributed by atoms with E-state index in [0.29, 0.717) is 31.7 Å². The maximum atomic E-state index is 12.6. The van der Waals surface area contributed by atoms with E-state index in [4.69, 9.17) is 4.74 Å². The van der Waals surface area contributed by atoms with E-state index in [0.717, 1.165) is 6.07 Å². The first-order chi connectivity index (χ1) is 8.93. The average molecular weight is 275 g/mol. The zero-order chi connectivity index (χ0) is 14.3. The third-order valence-electron chi connectivity index (χ3n) is 2.74. The summed E-state index contributed by atoms with van der Waals surface area (Å²) in [7, 11) is 0. The lowest BCUT2D eigenvalue weighted by atomic mass is 10.0. The monoisotopic (exact) mass is 275 g/mol. The van der Waals surface area contributed by atoms with Crippen LogP contribution in [0, 0.1) is 0 Å². The molecule has 1 rings (SSSR count). The van der Waals surface area contributed by atoms with Crippen LogP contribution in [0.4, 0.5) is 13.2 Å². The second kappa shape index (κ2) is 7.50. The predicted molar refractivity (Wildman–Crippen MR) is 69.1 cm³/mol. The van der Waals surface area contributed by atoms with Crippen molar-refractivity contribution in [2.24, 2.45) is 0 Å². The van der Waals surface area contributed by atoms with Gasteiger partial charge < -0.3 is 10.1 Å². The summed E-state index contributed by atoms with van der Waals surface area (Å²) in [5.74, 6) is 0. The minimum absolute atomic E-state index is 0.115. The minimum Gasteiger partial charge on any atom is -0.380 e. The van der Waals surface area contributed by atoms with E-state index in [9.17, 15) is 13.2 Å². The Morgan fingerprint density at radius 1 is 1.32 bits per heavy atom. The molecule has 19 heavy (non-hydrogen) atoms. The van der Waals surface area contributed by atoms with Gasteiger partial charge in [0, 0.05) is 19.2 Å². The van der Waals surface area contributed by atoms with Crippen molar-refractivity contribution < 1.29 is 17.9 Å². The standard InChI is InChI=1S/C14H20F3NO/c1-3-19-8-7-18-11(2)9-12-5-4-6-13(10-12)14(15,16)17/h4-6,10-11,18H,3,7-9H2,1-2H3. The van der Waals surface area contributed by atoms with Crippen LogP contribution >= 0.6 is 0 Å². The molecule has 0 aliphatic carbocycles. The van der Waals surface area contributed by atoms with Crippen LogP contribution in [0.3, 0.4) is 0 Å². The fourth-order valence-electron chi connectivity index (χ4n) is 1.82. The van der Waals surface area contributed by atoms with Crippen molar-refractivity contribution in [3.05, 3.63) is 35.4 Å². The molecule has 1 aromatic carbocycles. The first-order valence-corrected chi connectivity index (χ1v) is 6.40. The van der Waals surface area contributed by atoms with Crippen LogP contribution < -0.4 is 5.32 Å². The molecule has 0 fully saturated rings. The highest BCUT2D eigenvalue weighted by Crippen LogP contribution is 2.29. The third-order valence-corrected chi connectivity index (χ3v) is 2.74. The lowest BCUT2D eigenvalue weighted by molar-refractivity contribution is -0.137. The van der Waals surface area contributed by atoms with Gasteiger partial charge in [0.2, 0.25) is 0 Å². The second-order valence-electron chi connectivity index (χ2n) is 4.45. The van der Waals surface area contributed by atoms with E-state index in [1.165, 1.54) is 12.1 Å². The molecule has 0 aromatic heterocycles. The summed E-state index contributed by atoms with van der Waals surface area (Å²) in [4.78, 5) is 0. The van der Waals surface area contributed by atoms with Crippen LogP contribution in [0.5, 0.6) is 0 Å². The van der Waals surface area contributed by atoms with Crippen molar-refractivity contribution in [2.45, 2.75) is 32.5 Å². The second-order valence-corrected chi connectivity index (χ2v) is 4.45. The van der Waals surface area contributed by atoms with Gasteiger partial charge >= 0.3 is 6.18 Å². The molecule has 0 aliphatic heterocycles. The lowest BCUT2D eigenvalue weighted by Gasteiger charge is -2.15. The first-order valence-electron chi connectivity index (χ1n) is 6.40. The van der Waals surface area contributed by atoms with Gasteiger partial charge in [0.1, 0.15) is 0 Å². The van der Waals surface area contributed by atoms with Crippen LogP contribution in [0.15, 0.2) is 24.3 Å². The van der Waals surface area contributed by atoms with Gasteiger partial charge in [-0.05, 0) is 31.9 Å². The summed E-state index contributed by atoms with van der Waals surface area (Å²) in [5.41, 5.74) is 0.0951. The average Bonchev–Trinajstić information content (AvgIpc) is 2.34. The highest BCUT2D eigenvalue weighted by atomic mass is 19.4. The number of nitrogens with one attached hydrogen (secondary N) is 1. The number of alkyl halides is 3. The molecule has 0 saturated carbocycles. The van der Waals surface area contributed by atoms with E-state index in [2.05, 4.69) is 5.32 Å². The number of hydrogen-bond donors (Lipinski definition) is 1. The Hall–Kier alpha value is -1.07. The molecule has 0 saturated heterocycles. The largest absolute Gasteiger partial charge is 0.416 e. The fourth-order valence-corrected chi connectivity index (χ4v) is 1.82. The van der Waals surface area contributed by atoms with Crippen molar-refractivity contribution in [3.8, 4) is 0 Å². The molecule has 0 bridgehead atoms. The molecule has 0 radical (unpaired) electrons. The smallest absolute Gasteiger partial charge is 0.380 e. The third kappa shape index (κ3) is 6.07. The number of benzene rings is 1. The van der Waals surface area contributed by atoms with Crippen LogP contribution in [0.1, 0.15) is 25.0 Å². The van der Waals surface area contributed by atoms with Gasteiger partial charge in [-0.25, -0.2) is 0 Å². The quantitative estimate of drug-likeness (QED) is 0.771. The molecule has 5 heteroatoms. The van der Waals surface area contributed by atoms with Gasteiger partial charge in [-0.1, -0.05) is 18.2 Å². The van der Waals surface area contributed by atoms with Crippen molar-refractivity contribution >= 4 is 0 Å². The Labute approximate surface area is 112 Å². The Morgan fingerprint density at radius 3 is 2.68 bits per heavy atom. The van der Waals surface area contributed by atoms with Crippen molar-refractivity contribution in [1.82, 2.24) is 5.32 Å². The molecule has 1 aromatic rings. The van der Waals surface area contributed by atoms with Crippen molar-refractivity contribution in [3.63, 3.8) is 0 Å². The SMILES string of the molecule is CCOCCNC(C)Cc1cccc(C(F)(F)F)c1. The Kier molecular flexibility index (Phi) is 6.31. The summed E-state index contributed by atoms with van der Waals surface area (Å²) in [6, 6.07) is 5.59. The normalized spacial score (nSPS) is 13.5. The topological polar surface area (TPSA) is 21.3 Å². The van der Waals surface area contributed by atoms with Crippen LogP contribution in [-0.2, 0) is 17.3 Å². The zero-order valence-electron chi connectivity index (χ0n) is 11.3. The first kappa shape index (κ1) is 16.0. The summed E-state index contributed by atoms with van der Waals surface area (Å²) < 4.78 is 42.9. The molecule has 0 spiro atoms. The van der Waals surface area contributed by atoms with E-state index >= 15 is 0 Å². The van der Waals surface area contributed by atoms with Crippen molar-refractivity contribution in [1.29, 1.82) is 0 Å². The maximum absolute atomic E-state index is 12.6. The summed E-state index contributed by atoms with van der Waals surface area (Å²) in [6.45, 7) is 5.86. The highest BCUT2D eigenvalue weighted by Gasteiger charge is 2.30. The van der Waals surface area contributed by atoms with Crippen LogP contribution in [0.2, 0.25) is 0 Å². The highest BCUT2D eigenvalue weighted by molar-refractivity contribution is 5.26. The van der Waals surface area contributed by atoms with E-state index in [1.807, 2.05) is 13.8 Å². The Balaban J connectivity index is 2.48. The van der Waals surface area contributed by atoms with Gasteiger partial charge in [0.15, 0.2) is 0 Å². The number of hydrogen-bond acceptors (Lipinski definition) is 2. The zero-order valence-corrected chi connectivity index (χ0v) is 11.3. The fraction of sp³-hybridized carbons (Fsp3) is 0.571. The summed E-state index contributed by atoms with van der Waals surface area (Å²) >= 11 is 0. The molecule has 0 heterocycles. The van der Waals surface area contributed by atoms with Gasteiger partial charge in [0.05, 0.1) is 12.2 Å². The van der Waals surface area contributed by atoms with Crippen molar-refractivity contribution in [2.75, 3.05) is 19.8 Å². The van der Waals surface area contributed by atoms with E-state index in [1.54, 1.807) is 6.07 Å². The van der Waals surface area contributed by atoms with Gasteiger partial charge in [-0.2, -0.15) is 13.2 Å². The van der Waals surface area contributed by atoms with Gasteiger partial charge in [0.25, 0.3) is 0 Å². The summed E-state index contributed by atoms with van der Waals surface area (Å²) in [6.07, 6.45) is -3.71. The van der Waals surface area contributed by atoms with Crippen LogP contribution in [-0.4, -0.2) is 25.8 Å². The Bertz CT molecular complexity index is 379. The molecular formula is C14H20F3NO. The number of ether oxygens (including phenoxy) is 1. The maximum Gasteiger partial charge on any atom is 0.416 e. The van der Waals surface area contributed by atoms with Crippen LogP contribution in [0.25, 0.3) is 0 Å². The summed E-state index contributed by atoms with van der Waals surface area (Å²) in [5, 5.41) is 3.22. The van der Waals surface area contributed by atoms with E-state index < -0.39 is 11.7 Å².